The average molecular weight is 267 g/mol. The Labute approximate surface area is 110 Å². The number of nitrogens with zero attached hydrogens (tertiary/aromatic N) is 1. The molecule has 0 aromatic rings. The van der Waals surface area contributed by atoms with Crippen molar-refractivity contribution in [2.45, 2.75) is 44.4 Å². The van der Waals surface area contributed by atoms with Gasteiger partial charge in [-0.3, -0.25) is 4.79 Å². The van der Waals surface area contributed by atoms with Gasteiger partial charge in [0.1, 0.15) is 5.70 Å². The maximum Gasteiger partial charge on any atom is 0.352 e. The molecule has 0 aromatic heterocycles. The van der Waals surface area contributed by atoms with Gasteiger partial charge in [0, 0.05) is 6.61 Å². The van der Waals surface area contributed by atoms with Crippen molar-refractivity contribution >= 4 is 11.9 Å². The molecular weight excluding hydrogens is 250 g/mol. The highest BCUT2D eigenvalue weighted by Crippen LogP contribution is 2.46. The van der Waals surface area contributed by atoms with Crippen molar-refractivity contribution in [1.29, 1.82) is 0 Å². The molecule has 0 saturated carbocycles. The van der Waals surface area contributed by atoms with E-state index in [0.717, 1.165) is 12.8 Å². The Balaban J connectivity index is 1.91. The molecule has 6 nitrogen and oxygen atoms in total. The number of carbonyl (C=O) groups is 2. The van der Waals surface area contributed by atoms with Gasteiger partial charge < -0.3 is 19.8 Å². The molecule has 0 unspecified atom stereocenters. The fraction of sp³-hybridized carbons (Fsp3) is 0.692. The highest BCUT2D eigenvalue weighted by atomic mass is 16.5. The Bertz CT molecular complexity index is 464. The fourth-order valence-corrected chi connectivity index (χ4v) is 3.44. The zero-order chi connectivity index (χ0) is 13.7. The van der Waals surface area contributed by atoms with Gasteiger partial charge in [0.2, 0.25) is 5.91 Å². The molecule has 3 rings (SSSR count). The van der Waals surface area contributed by atoms with Crippen molar-refractivity contribution < 1.29 is 24.5 Å². The summed E-state index contributed by atoms with van der Waals surface area (Å²) in [6.45, 7) is 2.21. The number of amides is 1. The molecule has 104 valence electrons. The molecule has 3 aliphatic rings. The van der Waals surface area contributed by atoms with E-state index >= 15 is 0 Å². The molecule has 0 spiro atoms. The van der Waals surface area contributed by atoms with Crippen molar-refractivity contribution in [3.05, 3.63) is 11.3 Å². The van der Waals surface area contributed by atoms with Crippen LogP contribution in [0.3, 0.4) is 0 Å². The maximum absolute atomic E-state index is 12.0. The van der Waals surface area contributed by atoms with Crippen LogP contribution >= 0.6 is 0 Å². The number of aliphatic carboxylic acids is 1. The molecule has 3 heterocycles. The van der Waals surface area contributed by atoms with E-state index in [1.807, 2.05) is 0 Å². The summed E-state index contributed by atoms with van der Waals surface area (Å²) in [5.74, 6) is -1.84. The van der Waals surface area contributed by atoms with Crippen LogP contribution < -0.4 is 0 Å². The molecule has 2 saturated heterocycles. The van der Waals surface area contributed by atoms with Crippen LogP contribution in [0.2, 0.25) is 0 Å². The summed E-state index contributed by atoms with van der Waals surface area (Å²) in [4.78, 5) is 24.7. The molecule has 19 heavy (non-hydrogen) atoms. The Hall–Kier alpha value is -1.40. The van der Waals surface area contributed by atoms with E-state index < -0.39 is 18.0 Å². The van der Waals surface area contributed by atoms with E-state index in [1.54, 1.807) is 6.92 Å². The number of carboxylic acid groups (broad SMARTS) is 1. The number of ether oxygens (including phenoxy) is 1. The third kappa shape index (κ3) is 1.70. The van der Waals surface area contributed by atoms with Gasteiger partial charge in [0.05, 0.1) is 24.2 Å². The number of hydrogen-bond acceptors (Lipinski definition) is 4. The molecular formula is C13H17NO5. The first kappa shape index (κ1) is 12.6. The second-order valence-electron chi connectivity index (χ2n) is 5.43. The van der Waals surface area contributed by atoms with E-state index in [2.05, 4.69) is 0 Å². The van der Waals surface area contributed by atoms with Gasteiger partial charge in [0.25, 0.3) is 0 Å². The summed E-state index contributed by atoms with van der Waals surface area (Å²) in [5, 5.41) is 19.0. The predicted octanol–water partition coefficient (Wildman–Crippen LogP) is 0.116. The Morgan fingerprint density at radius 1 is 1.53 bits per heavy atom. The van der Waals surface area contributed by atoms with Crippen LogP contribution in [0.25, 0.3) is 0 Å². The van der Waals surface area contributed by atoms with Gasteiger partial charge in [-0.05, 0) is 31.8 Å². The molecule has 2 fully saturated rings. The van der Waals surface area contributed by atoms with Crippen molar-refractivity contribution in [3.8, 4) is 0 Å². The Kier molecular flexibility index (Phi) is 2.87. The molecule has 0 bridgehead atoms. The van der Waals surface area contributed by atoms with Gasteiger partial charge in [0.15, 0.2) is 0 Å². The lowest BCUT2D eigenvalue weighted by molar-refractivity contribution is -0.161. The zero-order valence-electron chi connectivity index (χ0n) is 10.7. The van der Waals surface area contributed by atoms with Crippen molar-refractivity contribution in [2.24, 2.45) is 5.92 Å². The zero-order valence-corrected chi connectivity index (χ0v) is 10.7. The van der Waals surface area contributed by atoms with Crippen molar-refractivity contribution in [1.82, 2.24) is 4.90 Å². The number of hydrogen-bond donors (Lipinski definition) is 2. The number of fused-ring (bicyclic) bond motifs is 1. The number of carboxylic acids is 1. The third-order valence-electron chi connectivity index (χ3n) is 4.28. The van der Waals surface area contributed by atoms with Crippen molar-refractivity contribution in [3.63, 3.8) is 0 Å². The summed E-state index contributed by atoms with van der Waals surface area (Å²) in [6, 6.07) is -0.210. The highest BCUT2D eigenvalue weighted by Gasteiger charge is 2.57. The van der Waals surface area contributed by atoms with Crippen LogP contribution in [0.4, 0.5) is 0 Å². The van der Waals surface area contributed by atoms with E-state index in [1.165, 1.54) is 4.90 Å². The second-order valence-corrected chi connectivity index (χ2v) is 5.43. The SMILES string of the molecule is C[C@@H](O)[C@@H]1C(=O)N2C(C(=O)O)=C([C@H]3CCCO3)C[C@H]12. The average Bonchev–Trinajstić information content (AvgIpc) is 2.92. The highest BCUT2D eigenvalue weighted by molar-refractivity contribution is 5.99. The van der Waals surface area contributed by atoms with Gasteiger partial charge in [-0.1, -0.05) is 0 Å². The Morgan fingerprint density at radius 3 is 2.79 bits per heavy atom. The van der Waals surface area contributed by atoms with Crippen molar-refractivity contribution in [2.75, 3.05) is 6.61 Å². The molecule has 1 amide bonds. The Morgan fingerprint density at radius 2 is 2.26 bits per heavy atom. The van der Waals surface area contributed by atoms with Gasteiger partial charge >= 0.3 is 5.97 Å². The third-order valence-corrected chi connectivity index (χ3v) is 4.28. The fourth-order valence-electron chi connectivity index (χ4n) is 3.44. The van der Waals surface area contributed by atoms with Crippen LogP contribution in [-0.2, 0) is 14.3 Å². The molecule has 0 aromatic carbocycles. The van der Waals surface area contributed by atoms with Crippen LogP contribution in [0.1, 0.15) is 26.2 Å². The van der Waals surface area contributed by atoms with E-state index in [0.29, 0.717) is 18.6 Å². The first-order valence-electron chi connectivity index (χ1n) is 6.61. The quantitative estimate of drug-likeness (QED) is 0.709. The number of aliphatic hydroxyl groups is 1. The molecule has 2 N–H and O–H groups in total. The lowest BCUT2D eigenvalue weighted by Crippen LogP contribution is -2.61. The summed E-state index contributed by atoms with van der Waals surface area (Å²) in [6.07, 6.45) is 1.31. The summed E-state index contributed by atoms with van der Waals surface area (Å²) < 4.78 is 5.55. The van der Waals surface area contributed by atoms with Gasteiger partial charge in [-0.25, -0.2) is 4.79 Å². The van der Waals surface area contributed by atoms with E-state index in [9.17, 15) is 19.8 Å². The number of β-lactam (4-membered cyclic amide) rings is 1. The minimum Gasteiger partial charge on any atom is -0.477 e. The summed E-state index contributed by atoms with van der Waals surface area (Å²) >= 11 is 0. The molecule has 3 aliphatic heterocycles. The molecule has 4 atom stereocenters. The minimum absolute atomic E-state index is 0.0822. The van der Waals surface area contributed by atoms with E-state index in [-0.39, 0.29) is 23.8 Å². The van der Waals surface area contributed by atoms with Crippen LogP contribution in [0, 0.1) is 5.92 Å². The smallest absolute Gasteiger partial charge is 0.352 e. The minimum atomic E-state index is -1.08. The molecule has 0 radical (unpaired) electrons. The first-order chi connectivity index (χ1) is 9.02. The molecule has 0 aliphatic carbocycles. The van der Waals surface area contributed by atoms with Gasteiger partial charge in [-0.2, -0.15) is 0 Å². The van der Waals surface area contributed by atoms with Crippen LogP contribution in [0.15, 0.2) is 11.3 Å². The second kappa shape index (κ2) is 4.31. The summed E-state index contributed by atoms with van der Waals surface area (Å²) in [7, 11) is 0. The molecule has 6 heteroatoms. The largest absolute Gasteiger partial charge is 0.477 e. The van der Waals surface area contributed by atoms with Crippen LogP contribution in [-0.4, -0.2) is 51.8 Å². The van der Waals surface area contributed by atoms with Gasteiger partial charge in [-0.15, -0.1) is 0 Å². The first-order valence-corrected chi connectivity index (χ1v) is 6.61. The summed E-state index contributed by atoms with van der Waals surface area (Å²) in [5.41, 5.74) is 0.797. The number of aliphatic hydroxyl groups excluding tert-OH is 1. The lowest BCUT2D eigenvalue weighted by atomic mass is 9.82. The predicted molar refractivity (Wildman–Crippen MR) is 64.1 cm³/mol. The topological polar surface area (TPSA) is 87.1 Å². The maximum atomic E-state index is 12.0. The van der Waals surface area contributed by atoms with Crippen LogP contribution in [0.5, 0.6) is 0 Å². The number of carbonyl (C=O) groups excluding carboxylic acids is 1. The standard InChI is InChI=1S/C13H17NO5/c1-6(15)10-8-5-7(9-3-2-4-19-9)11(13(17)18)14(8)12(10)16/h6,8-10,15H,2-5H2,1H3,(H,17,18)/t6-,8-,9-,10+/m1/s1. The lowest BCUT2D eigenvalue weighted by Gasteiger charge is -2.44. The normalized spacial score (nSPS) is 35.4. The van der Waals surface area contributed by atoms with E-state index in [4.69, 9.17) is 4.74 Å². The monoisotopic (exact) mass is 267 g/mol. The number of rotatable bonds is 3.